The SMILES string of the molecule is COc1ccc(NC(=O)C[C@@H]2SC(=Nc3cccc(C)c3C)N(/N=C\c3cccc([N+](=O)[O-])c3)C2=O)c([N+](=O)[O-])c1. The average molecular weight is 577 g/mol. The Labute approximate surface area is 238 Å². The van der Waals surface area contributed by atoms with Crippen molar-refractivity contribution >= 4 is 57.7 Å². The maximum absolute atomic E-state index is 13.4. The van der Waals surface area contributed by atoms with Crippen molar-refractivity contribution in [2.24, 2.45) is 10.1 Å². The summed E-state index contributed by atoms with van der Waals surface area (Å²) in [6, 6.07) is 15.3. The molecule has 13 nitrogen and oxygen atoms in total. The molecule has 210 valence electrons. The Hall–Kier alpha value is -5.11. The zero-order valence-corrected chi connectivity index (χ0v) is 23.0. The highest BCUT2D eigenvalue weighted by Gasteiger charge is 2.40. The largest absolute Gasteiger partial charge is 0.496 e. The number of non-ortho nitro benzene ring substituents is 1. The van der Waals surface area contributed by atoms with Crippen LogP contribution in [0, 0.1) is 34.1 Å². The first kappa shape index (κ1) is 28.9. The zero-order valence-electron chi connectivity index (χ0n) is 22.1. The predicted molar refractivity (Wildman–Crippen MR) is 155 cm³/mol. The summed E-state index contributed by atoms with van der Waals surface area (Å²) in [6.45, 7) is 3.81. The predicted octanol–water partition coefficient (Wildman–Crippen LogP) is 5.12. The topological polar surface area (TPSA) is 170 Å². The van der Waals surface area contributed by atoms with Crippen molar-refractivity contribution in [2.45, 2.75) is 25.5 Å². The van der Waals surface area contributed by atoms with E-state index >= 15 is 0 Å². The van der Waals surface area contributed by atoms with E-state index in [4.69, 9.17) is 4.74 Å². The number of nitrogens with zero attached hydrogens (tertiary/aromatic N) is 5. The van der Waals surface area contributed by atoms with Crippen LogP contribution in [-0.4, -0.2) is 50.4 Å². The van der Waals surface area contributed by atoms with E-state index in [0.29, 0.717) is 11.3 Å². The van der Waals surface area contributed by atoms with Gasteiger partial charge in [0.1, 0.15) is 16.7 Å². The lowest BCUT2D eigenvalue weighted by atomic mass is 10.1. The van der Waals surface area contributed by atoms with Crippen molar-refractivity contribution in [2.75, 3.05) is 12.4 Å². The molecule has 0 spiro atoms. The van der Waals surface area contributed by atoms with Crippen LogP contribution < -0.4 is 10.1 Å². The van der Waals surface area contributed by atoms with E-state index in [2.05, 4.69) is 15.4 Å². The summed E-state index contributed by atoms with van der Waals surface area (Å²) in [5, 5.41) is 29.7. The maximum atomic E-state index is 13.4. The second-order valence-electron chi connectivity index (χ2n) is 8.86. The van der Waals surface area contributed by atoms with Gasteiger partial charge in [0, 0.05) is 24.1 Å². The summed E-state index contributed by atoms with van der Waals surface area (Å²) in [5.41, 5.74) is 2.34. The van der Waals surface area contributed by atoms with Gasteiger partial charge in [0.15, 0.2) is 5.17 Å². The highest BCUT2D eigenvalue weighted by atomic mass is 32.2. The minimum Gasteiger partial charge on any atom is -0.496 e. The molecule has 1 aliphatic heterocycles. The van der Waals surface area contributed by atoms with Gasteiger partial charge in [0.25, 0.3) is 17.3 Å². The Balaban J connectivity index is 1.61. The van der Waals surface area contributed by atoms with Crippen molar-refractivity contribution in [1.82, 2.24) is 5.01 Å². The van der Waals surface area contributed by atoms with Gasteiger partial charge in [-0.1, -0.05) is 36.0 Å². The maximum Gasteiger partial charge on any atom is 0.296 e. The van der Waals surface area contributed by atoms with Gasteiger partial charge in [0.2, 0.25) is 5.91 Å². The molecular formula is C27H24N6O7S. The number of amidine groups is 1. The minimum atomic E-state index is -0.932. The van der Waals surface area contributed by atoms with Gasteiger partial charge in [-0.05, 0) is 43.2 Å². The number of carbonyl (C=O) groups excluding carboxylic acids is 2. The second kappa shape index (κ2) is 12.4. The van der Waals surface area contributed by atoms with Crippen LogP contribution in [0.2, 0.25) is 0 Å². The number of rotatable bonds is 9. The fraction of sp³-hybridized carbons (Fsp3) is 0.185. The fourth-order valence-electron chi connectivity index (χ4n) is 3.83. The van der Waals surface area contributed by atoms with Crippen LogP contribution >= 0.6 is 11.8 Å². The normalized spacial score (nSPS) is 15.9. The summed E-state index contributed by atoms with van der Waals surface area (Å²) in [4.78, 5) is 52.4. The van der Waals surface area contributed by atoms with E-state index in [1.54, 1.807) is 12.1 Å². The molecule has 0 aliphatic carbocycles. The number of aliphatic imine (C=N–C) groups is 1. The number of anilines is 1. The van der Waals surface area contributed by atoms with Crippen LogP contribution in [0.5, 0.6) is 5.75 Å². The lowest BCUT2D eigenvalue weighted by Gasteiger charge is -2.11. The first-order chi connectivity index (χ1) is 19.6. The Morgan fingerprint density at radius 1 is 1.10 bits per heavy atom. The fourth-order valence-corrected chi connectivity index (χ4v) is 4.91. The number of nitro benzene ring substituents is 2. The number of hydrogen-bond acceptors (Lipinski definition) is 10. The van der Waals surface area contributed by atoms with E-state index in [9.17, 15) is 29.8 Å². The van der Waals surface area contributed by atoms with Gasteiger partial charge < -0.3 is 10.1 Å². The second-order valence-corrected chi connectivity index (χ2v) is 10.0. The Kier molecular flexibility index (Phi) is 8.72. The molecule has 1 saturated heterocycles. The molecule has 0 bridgehead atoms. The van der Waals surface area contributed by atoms with Crippen LogP contribution in [-0.2, 0) is 9.59 Å². The monoisotopic (exact) mass is 576 g/mol. The Morgan fingerprint density at radius 2 is 1.85 bits per heavy atom. The molecular weight excluding hydrogens is 552 g/mol. The number of amides is 2. The van der Waals surface area contributed by atoms with Crippen molar-refractivity contribution in [3.8, 4) is 5.75 Å². The Morgan fingerprint density at radius 3 is 2.56 bits per heavy atom. The summed E-state index contributed by atoms with van der Waals surface area (Å²) in [7, 11) is 1.37. The van der Waals surface area contributed by atoms with Gasteiger partial charge >= 0.3 is 0 Å². The number of nitro groups is 2. The van der Waals surface area contributed by atoms with Crippen molar-refractivity contribution < 1.29 is 24.2 Å². The highest BCUT2D eigenvalue weighted by Crippen LogP contribution is 2.34. The smallest absolute Gasteiger partial charge is 0.296 e. The molecule has 14 heteroatoms. The summed E-state index contributed by atoms with van der Waals surface area (Å²) in [5.74, 6) is -0.916. The average Bonchev–Trinajstić information content (AvgIpc) is 3.23. The van der Waals surface area contributed by atoms with Crippen molar-refractivity contribution in [3.05, 3.63) is 97.6 Å². The number of aryl methyl sites for hydroxylation is 1. The van der Waals surface area contributed by atoms with Crippen LogP contribution in [0.1, 0.15) is 23.1 Å². The third-order valence-corrected chi connectivity index (χ3v) is 7.28. The van der Waals surface area contributed by atoms with E-state index < -0.39 is 26.9 Å². The van der Waals surface area contributed by atoms with Gasteiger partial charge in [-0.2, -0.15) is 10.1 Å². The number of hydrazone groups is 1. The van der Waals surface area contributed by atoms with Gasteiger partial charge in [-0.3, -0.25) is 29.8 Å². The highest BCUT2D eigenvalue weighted by molar-refractivity contribution is 8.15. The third-order valence-electron chi connectivity index (χ3n) is 6.15. The molecule has 3 aromatic carbocycles. The molecule has 1 atom stereocenters. The van der Waals surface area contributed by atoms with Gasteiger partial charge in [0.05, 0.1) is 34.9 Å². The molecule has 1 heterocycles. The molecule has 0 saturated carbocycles. The first-order valence-electron chi connectivity index (χ1n) is 12.1. The van der Waals surface area contributed by atoms with Crippen LogP contribution in [0.4, 0.5) is 22.7 Å². The number of thioether (sulfide) groups is 1. The van der Waals surface area contributed by atoms with E-state index in [1.807, 2.05) is 26.0 Å². The van der Waals surface area contributed by atoms with E-state index in [-0.39, 0.29) is 34.4 Å². The summed E-state index contributed by atoms with van der Waals surface area (Å²) in [6.07, 6.45) is 0.981. The lowest BCUT2D eigenvalue weighted by molar-refractivity contribution is -0.384. The standard InChI is InChI=1S/C27H24N6O7S/c1-16-6-4-9-21(17(16)2)30-27-31(28-15-18-7-5-8-19(12-18)32(36)37)26(35)24(41-27)14-25(34)29-22-11-10-20(40-3)13-23(22)33(38)39/h4-13,15,24H,14H2,1-3H3,(H,29,34)/b28-15-,30-27?/t24-/m0/s1. The number of nitrogens with one attached hydrogen (secondary N) is 1. The molecule has 1 N–H and O–H groups in total. The van der Waals surface area contributed by atoms with Gasteiger partial charge in [-0.25, -0.2) is 4.99 Å². The van der Waals surface area contributed by atoms with Crippen molar-refractivity contribution in [1.29, 1.82) is 0 Å². The van der Waals surface area contributed by atoms with E-state index in [0.717, 1.165) is 27.9 Å². The third kappa shape index (κ3) is 6.73. The molecule has 0 unspecified atom stereocenters. The molecule has 1 fully saturated rings. The molecule has 1 aliphatic rings. The number of hydrogen-bond donors (Lipinski definition) is 1. The first-order valence-corrected chi connectivity index (χ1v) is 13.0. The molecule has 3 aromatic rings. The Bertz CT molecular complexity index is 1610. The minimum absolute atomic E-state index is 0.0407. The molecule has 2 amide bonds. The summed E-state index contributed by atoms with van der Waals surface area (Å²) >= 11 is 1.02. The number of methoxy groups -OCH3 is 1. The van der Waals surface area contributed by atoms with Crippen LogP contribution in [0.3, 0.4) is 0 Å². The number of benzene rings is 3. The van der Waals surface area contributed by atoms with Crippen molar-refractivity contribution in [3.63, 3.8) is 0 Å². The van der Waals surface area contributed by atoms with E-state index in [1.165, 1.54) is 49.7 Å². The molecule has 4 rings (SSSR count). The number of ether oxygens (including phenoxy) is 1. The molecule has 0 aromatic heterocycles. The molecule has 41 heavy (non-hydrogen) atoms. The molecule has 0 radical (unpaired) electrons. The number of carbonyl (C=O) groups is 2. The van der Waals surface area contributed by atoms with Gasteiger partial charge in [-0.15, -0.1) is 0 Å². The lowest BCUT2D eigenvalue weighted by Crippen LogP contribution is -2.29. The quantitative estimate of drug-likeness (QED) is 0.208. The summed E-state index contributed by atoms with van der Waals surface area (Å²) < 4.78 is 5.02. The van der Waals surface area contributed by atoms with Crippen LogP contribution in [0.25, 0.3) is 0 Å². The van der Waals surface area contributed by atoms with Crippen LogP contribution in [0.15, 0.2) is 70.8 Å². The zero-order chi connectivity index (χ0) is 29.7.